The van der Waals surface area contributed by atoms with E-state index in [0.29, 0.717) is 12.2 Å². The summed E-state index contributed by atoms with van der Waals surface area (Å²) >= 11 is 0. The highest BCUT2D eigenvalue weighted by molar-refractivity contribution is 5.83. The van der Waals surface area contributed by atoms with Crippen LogP contribution < -0.4 is 5.32 Å². The van der Waals surface area contributed by atoms with Crippen molar-refractivity contribution in [3.63, 3.8) is 0 Å². The second-order valence-electron chi connectivity index (χ2n) is 4.66. The van der Waals surface area contributed by atoms with E-state index >= 15 is 0 Å². The van der Waals surface area contributed by atoms with Gasteiger partial charge in [0, 0.05) is 30.9 Å². The molecular weight excluding hydrogens is 260 g/mol. The van der Waals surface area contributed by atoms with Gasteiger partial charge >= 0.3 is 12.0 Å². The van der Waals surface area contributed by atoms with Crippen LogP contribution in [-0.2, 0) is 11.2 Å². The van der Waals surface area contributed by atoms with E-state index in [1.54, 1.807) is 6.08 Å². The Kier molecular flexibility index (Phi) is 5.76. The maximum atomic E-state index is 12.1. The zero-order valence-corrected chi connectivity index (χ0v) is 11.7. The summed E-state index contributed by atoms with van der Waals surface area (Å²) in [4.78, 5) is 31.5. The van der Waals surface area contributed by atoms with Gasteiger partial charge in [-0.2, -0.15) is 0 Å². The number of urea groups is 1. The fraction of sp³-hybridized carbons (Fsp3) is 0.462. The second-order valence-corrected chi connectivity index (χ2v) is 4.66. The number of carboxylic acid groups (broad SMARTS) is 1. The summed E-state index contributed by atoms with van der Waals surface area (Å²) in [7, 11) is 0. The third kappa shape index (κ3) is 4.42. The second kappa shape index (κ2) is 7.32. The molecule has 0 aliphatic heterocycles. The van der Waals surface area contributed by atoms with Crippen molar-refractivity contribution >= 4 is 12.0 Å². The van der Waals surface area contributed by atoms with E-state index in [1.165, 1.54) is 17.4 Å². The SMILES string of the molecule is C=CCN(C(=O)N[C@@H](Cc1cnc[nH]1)C(=O)O)C(C)C. The van der Waals surface area contributed by atoms with Gasteiger partial charge in [0.2, 0.25) is 0 Å². The molecule has 1 aromatic rings. The quantitative estimate of drug-likeness (QED) is 0.649. The van der Waals surface area contributed by atoms with E-state index in [-0.39, 0.29) is 12.5 Å². The normalized spacial score (nSPS) is 11.9. The predicted octanol–water partition coefficient (Wildman–Crippen LogP) is 1.01. The van der Waals surface area contributed by atoms with Gasteiger partial charge in [0.1, 0.15) is 6.04 Å². The summed E-state index contributed by atoms with van der Waals surface area (Å²) in [5, 5.41) is 11.7. The Morgan fingerprint density at radius 3 is 2.75 bits per heavy atom. The van der Waals surface area contributed by atoms with E-state index in [2.05, 4.69) is 21.9 Å². The molecule has 0 aliphatic carbocycles. The molecule has 20 heavy (non-hydrogen) atoms. The fourth-order valence-electron chi connectivity index (χ4n) is 1.72. The van der Waals surface area contributed by atoms with Crippen molar-refractivity contribution in [1.29, 1.82) is 0 Å². The molecule has 0 bridgehead atoms. The van der Waals surface area contributed by atoms with Gasteiger partial charge < -0.3 is 20.3 Å². The van der Waals surface area contributed by atoms with Crippen molar-refractivity contribution in [3.05, 3.63) is 30.9 Å². The molecule has 0 spiro atoms. The summed E-state index contributed by atoms with van der Waals surface area (Å²) in [6.07, 6.45) is 4.76. The van der Waals surface area contributed by atoms with Gasteiger partial charge in [-0.3, -0.25) is 0 Å². The number of aliphatic carboxylic acids is 1. The highest BCUT2D eigenvalue weighted by Gasteiger charge is 2.24. The number of carboxylic acids is 1. The predicted molar refractivity (Wildman–Crippen MR) is 74.3 cm³/mol. The van der Waals surface area contributed by atoms with E-state index in [4.69, 9.17) is 0 Å². The number of rotatable bonds is 7. The topological polar surface area (TPSA) is 98.3 Å². The van der Waals surface area contributed by atoms with Crippen LogP contribution >= 0.6 is 0 Å². The molecule has 110 valence electrons. The van der Waals surface area contributed by atoms with Crippen LogP contribution in [0.2, 0.25) is 0 Å². The molecule has 7 heteroatoms. The molecule has 0 unspecified atom stereocenters. The van der Waals surface area contributed by atoms with Gasteiger partial charge in [-0.1, -0.05) is 6.08 Å². The number of nitrogens with zero attached hydrogens (tertiary/aromatic N) is 2. The molecule has 0 radical (unpaired) electrons. The molecule has 0 aromatic carbocycles. The number of carbonyl (C=O) groups excluding carboxylic acids is 1. The summed E-state index contributed by atoms with van der Waals surface area (Å²) in [6.45, 7) is 7.66. The van der Waals surface area contributed by atoms with Gasteiger partial charge in [0.15, 0.2) is 0 Å². The average Bonchev–Trinajstić information content (AvgIpc) is 2.87. The highest BCUT2D eigenvalue weighted by Crippen LogP contribution is 2.03. The number of carbonyl (C=O) groups is 2. The Labute approximate surface area is 117 Å². The van der Waals surface area contributed by atoms with Crippen LogP contribution in [0.25, 0.3) is 0 Å². The van der Waals surface area contributed by atoms with Crippen LogP contribution in [0.4, 0.5) is 4.79 Å². The largest absolute Gasteiger partial charge is 0.480 e. The van der Waals surface area contributed by atoms with Crippen molar-refractivity contribution < 1.29 is 14.7 Å². The summed E-state index contributed by atoms with van der Waals surface area (Å²) in [5.41, 5.74) is 0.650. The highest BCUT2D eigenvalue weighted by atomic mass is 16.4. The summed E-state index contributed by atoms with van der Waals surface area (Å²) < 4.78 is 0. The van der Waals surface area contributed by atoms with Crippen LogP contribution in [-0.4, -0.2) is 50.6 Å². The standard InChI is InChI=1S/C13H20N4O3/c1-4-5-17(9(2)3)13(20)16-11(12(18)19)6-10-7-14-8-15-10/h4,7-9,11H,1,5-6H2,2-3H3,(H,14,15)(H,16,20)(H,18,19)/t11-/m0/s1. The minimum absolute atomic E-state index is 0.0467. The lowest BCUT2D eigenvalue weighted by molar-refractivity contribution is -0.139. The molecule has 2 amide bonds. The molecule has 0 aliphatic rings. The summed E-state index contributed by atoms with van der Waals surface area (Å²) in [6, 6.07) is -1.48. The van der Waals surface area contributed by atoms with E-state index in [1.807, 2.05) is 13.8 Å². The van der Waals surface area contributed by atoms with E-state index in [0.717, 1.165) is 0 Å². The number of hydrogen-bond acceptors (Lipinski definition) is 3. The van der Waals surface area contributed by atoms with Crippen molar-refractivity contribution in [2.45, 2.75) is 32.4 Å². The monoisotopic (exact) mass is 280 g/mol. The Morgan fingerprint density at radius 2 is 2.30 bits per heavy atom. The Hall–Kier alpha value is -2.31. The van der Waals surface area contributed by atoms with Crippen molar-refractivity contribution in [2.24, 2.45) is 0 Å². The fourth-order valence-corrected chi connectivity index (χ4v) is 1.72. The minimum Gasteiger partial charge on any atom is -0.480 e. The molecule has 3 N–H and O–H groups in total. The third-order valence-electron chi connectivity index (χ3n) is 2.78. The number of imidazole rings is 1. The smallest absolute Gasteiger partial charge is 0.326 e. The van der Waals surface area contributed by atoms with Crippen molar-refractivity contribution in [1.82, 2.24) is 20.2 Å². The molecule has 0 fully saturated rings. The van der Waals surface area contributed by atoms with Gasteiger partial charge in [-0.25, -0.2) is 14.6 Å². The zero-order valence-electron chi connectivity index (χ0n) is 11.7. The van der Waals surface area contributed by atoms with Crippen LogP contribution in [0.15, 0.2) is 25.2 Å². The number of amides is 2. The van der Waals surface area contributed by atoms with Crippen LogP contribution in [0.3, 0.4) is 0 Å². The first-order valence-corrected chi connectivity index (χ1v) is 6.33. The van der Waals surface area contributed by atoms with Crippen LogP contribution in [0, 0.1) is 0 Å². The maximum absolute atomic E-state index is 12.1. The minimum atomic E-state index is -1.09. The lowest BCUT2D eigenvalue weighted by atomic mass is 10.1. The molecular formula is C13H20N4O3. The molecule has 7 nitrogen and oxygen atoms in total. The number of H-pyrrole nitrogens is 1. The summed E-state index contributed by atoms with van der Waals surface area (Å²) in [5.74, 6) is -1.09. The lowest BCUT2D eigenvalue weighted by Gasteiger charge is -2.27. The van der Waals surface area contributed by atoms with Gasteiger partial charge in [0.05, 0.1) is 6.33 Å². The molecule has 0 saturated carbocycles. The molecule has 1 heterocycles. The molecule has 1 aromatic heterocycles. The molecule has 1 atom stereocenters. The third-order valence-corrected chi connectivity index (χ3v) is 2.78. The first-order valence-electron chi connectivity index (χ1n) is 6.33. The van der Waals surface area contributed by atoms with Gasteiger partial charge in [-0.15, -0.1) is 6.58 Å². The Balaban J connectivity index is 2.71. The first kappa shape index (κ1) is 15.7. The number of aromatic amines is 1. The van der Waals surface area contributed by atoms with Gasteiger partial charge in [-0.05, 0) is 13.8 Å². The zero-order chi connectivity index (χ0) is 15.1. The van der Waals surface area contributed by atoms with Crippen molar-refractivity contribution in [3.8, 4) is 0 Å². The van der Waals surface area contributed by atoms with Crippen molar-refractivity contribution in [2.75, 3.05) is 6.54 Å². The van der Waals surface area contributed by atoms with E-state index < -0.39 is 18.0 Å². The average molecular weight is 280 g/mol. The molecule has 1 rings (SSSR count). The Bertz CT molecular complexity index is 456. The van der Waals surface area contributed by atoms with Gasteiger partial charge in [0.25, 0.3) is 0 Å². The van der Waals surface area contributed by atoms with E-state index in [9.17, 15) is 14.7 Å². The number of aromatic nitrogens is 2. The van der Waals surface area contributed by atoms with Crippen LogP contribution in [0.5, 0.6) is 0 Å². The number of nitrogens with one attached hydrogen (secondary N) is 2. The van der Waals surface area contributed by atoms with Crippen LogP contribution in [0.1, 0.15) is 19.5 Å². The maximum Gasteiger partial charge on any atom is 0.326 e. The lowest BCUT2D eigenvalue weighted by Crippen LogP contribution is -2.51. The number of hydrogen-bond donors (Lipinski definition) is 3. The molecule has 0 saturated heterocycles. The first-order chi connectivity index (χ1) is 9.45. The Morgan fingerprint density at radius 1 is 1.60 bits per heavy atom.